The third-order valence-electron chi connectivity index (χ3n) is 6.85. The molecule has 0 bridgehead atoms. The molecule has 6 aromatic rings. The number of para-hydroxylation sites is 2. The minimum absolute atomic E-state index is 0.204. The van der Waals surface area contributed by atoms with Gasteiger partial charge in [-0.1, -0.05) is 36.4 Å². The van der Waals surface area contributed by atoms with E-state index in [1.54, 1.807) is 22.7 Å². The second-order valence-electron chi connectivity index (χ2n) is 10.0. The SMILES string of the molecule is Cc1ccc(-c2cc(C(=O)NC[C@@H](C)NC(=O)c3cc(-c4ccc(C)s4)nc4ccccc34)c3ccccc3n2)s1. The Hall–Kier alpha value is -4.40. The van der Waals surface area contributed by atoms with Crippen molar-refractivity contribution in [2.75, 3.05) is 6.54 Å². The highest BCUT2D eigenvalue weighted by Crippen LogP contribution is 2.31. The van der Waals surface area contributed by atoms with Crippen LogP contribution in [0.5, 0.6) is 0 Å². The Balaban J connectivity index is 1.21. The molecule has 8 heteroatoms. The third kappa shape index (κ3) is 5.62. The highest BCUT2D eigenvalue weighted by atomic mass is 32.1. The standard InChI is InChI=1S/C33H28N4O2S2/c1-19(35-33(39)25-17-29(31-15-13-21(3)41-31)37-27-11-7-5-9-23(25)27)18-34-32(38)24-16-28(30-14-12-20(2)40-30)36-26-10-6-4-8-22(24)26/h4-17,19H,18H2,1-3H3,(H,34,38)(H,35,39)/t19-/m1/s1. The van der Waals surface area contributed by atoms with Crippen LogP contribution >= 0.6 is 22.7 Å². The van der Waals surface area contributed by atoms with Crippen molar-refractivity contribution in [1.82, 2.24) is 20.6 Å². The van der Waals surface area contributed by atoms with Gasteiger partial charge in [-0.15, -0.1) is 22.7 Å². The first-order valence-electron chi connectivity index (χ1n) is 13.4. The second kappa shape index (κ2) is 11.2. The van der Waals surface area contributed by atoms with Gasteiger partial charge in [-0.3, -0.25) is 9.59 Å². The summed E-state index contributed by atoms with van der Waals surface area (Å²) in [6, 6.07) is 26.9. The van der Waals surface area contributed by atoms with Gasteiger partial charge in [-0.2, -0.15) is 0 Å². The van der Waals surface area contributed by atoms with Crippen LogP contribution in [0.3, 0.4) is 0 Å². The van der Waals surface area contributed by atoms with E-state index in [0.717, 1.165) is 42.9 Å². The first kappa shape index (κ1) is 26.8. The van der Waals surface area contributed by atoms with Gasteiger partial charge in [0.05, 0.1) is 43.3 Å². The lowest BCUT2D eigenvalue weighted by Gasteiger charge is -2.17. The lowest BCUT2D eigenvalue weighted by Crippen LogP contribution is -2.42. The van der Waals surface area contributed by atoms with Gasteiger partial charge >= 0.3 is 0 Å². The maximum Gasteiger partial charge on any atom is 0.252 e. The number of pyridine rings is 2. The molecule has 0 aliphatic carbocycles. The maximum absolute atomic E-state index is 13.5. The largest absolute Gasteiger partial charge is 0.350 e. The van der Waals surface area contributed by atoms with Crippen molar-refractivity contribution in [3.63, 3.8) is 0 Å². The number of nitrogens with zero attached hydrogens (tertiary/aromatic N) is 2. The van der Waals surface area contributed by atoms with Crippen LogP contribution in [0.15, 0.2) is 84.9 Å². The Morgan fingerprint density at radius 2 is 1.20 bits per heavy atom. The summed E-state index contributed by atoms with van der Waals surface area (Å²) in [5.74, 6) is -0.409. The highest BCUT2D eigenvalue weighted by Gasteiger charge is 2.19. The van der Waals surface area contributed by atoms with Crippen molar-refractivity contribution < 1.29 is 9.59 Å². The molecule has 0 spiro atoms. The normalized spacial score (nSPS) is 12.0. The number of hydrogen-bond acceptors (Lipinski definition) is 6. The van der Waals surface area contributed by atoms with Gasteiger partial charge in [0.1, 0.15) is 0 Å². The molecule has 0 unspecified atom stereocenters. The van der Waals surface area contributed by atoms with E-state index in [2.05, 4.69) is 36.6 Å². The van der Waals surface area contributed by atoms with Crippen LogP contribution in [0.25, 0.3) is 42.9 Å². The Bertz CT molecular complexity index is 1920. The van der Waals surface area contributed by atoms with Crippen LogP contribution in [0, 0.1) is 13.8 Å². The van der Waals surface area contributed by atoms with Crippen LogP contribution in [0.4, 0.5) is 0 Å². The number of aryl methyl sites for hydroxylation is 2. The number of benzene rings is 2. The molecular formula is C33H28N4O2S2. The average molecular weight is 577 g/mol. The number of hydrogen-bond donors (Lipinski definition) is 2. The minimum Gasteiger partial charge on any atom is -0.350 e. The van der Waals surface area contributed by atoms with Crippen molar-refractivity contribution in [3.8, 4) is 21.1 Å². The number of rotatable bonds is 7. The van der Waals surface area contributed by atoms with Gasteiger partial charge in [0, 0.05) is 33.1 Å². The molecule has 0 radical (unpaired) electrons. The number of nitrogens with one attached hydrogen (secondary N) is 2. The number of thiophene rings is 2. The minimum atomic E-state index is -0.307. The molecule has 41 heavy (non-hydrogen) atoms. The first-order chi connectivity index (χ1) is 19.9. The molecule has 2 amide bonds. The number of fused-ring (bicyclic) bond motifs is 2. The Labute approximate surface area is 246 Å². The number of aromatic nitrogens is 2. The van der Waals surface area contributed by atoms with Gasteiger partial charge in [0.15, 0.2) is 0 Å². The van der Waals surface area contributed by atoms with Crippen LogP contribution in [-0.4, -0.2) is 34.4 Å². The Morgan fingerprint density at radius 3 is 1.68 bits per heavy atom. The monoisotopic (exact) mass is 576 g/mol. The molecule has 4 aromatic heterocycles. The lowest BCUT2D eigenvalue weighted by molar-refractivity contribution is 0.0914. The van der Waals surface area contributed by atoms with E-state index in [4.69, 9.17) is 9.97 Å². The fourth-order valence-electron chi connectivity index (χ4n) is 4.82. The van der Waals surface area contributed by atoms with Crippen molar-refractivity contribution >= 4 is 56.3 Å². The van der Waals surface area contributed by atoms with Crippen molar-refractivity contribution in [1.29, 1.82) is 0 Å². The molecule has 0 aliphatic heterocycles. The molecule has 4 heterocycles. The van der Waals surface area contributed by atoms with E-state index < -0.39 is 0 Å². The fourth-order valence-corrected chi connectivity index (χ4v) is 6.47. The first-order valence-corrected chi connectivity index (χ1v) is 15.0. The van der Waals surface area contributed by atoms with Crippen molar-refractivity contribution in [2.45, 2.75) is 26.8 Å². The summed E-state index contributed by atoms with van der Waals surface area (Å²) in [6.45, 7) is 6.26. The zero-order valence-corrected chi connectivity index (χ0v) is 24.5. The van der Waals surface area contributed by atoms with Gasteiger partial charge < -0.3 is 10.6 Å². The summed E-state index contributed by atoms with van der Waals surface area (Å²) in [5, 5.41) is 7.67. The van der Waals surface area contributed by atoms with E-state index in [0.29, 0.717) is 11.1 Å². The lowest BCUT2D eigenvalue weighted by atomic mass is 10.1. The molecule has 2 aromatic carbocycles. The molecular weight excluding hydrogens is 549 g/mol. The summed E-state index contributed by atoms with van der Waals surface area (Å²) in [5.41, 5.74) is 4.20. The van der Waals surface area contributed by atoms with Gasteiger partial charge in [0.2, 0.25) is 0 Å². The van der Waals surface area contributed by atoms with E-state index in [1.165, 1.54) is 9.75 Å². The summed E-state index contributed by atoms with van der Waals surface area (Å²) >= 11 is 3.30. The second-order valence-corrected chi connectivity index (χ2v) is 12.6. The predicted octanol–water partition coefficient (Wildman–Crippen LogP) is 7.41. The Morgan fingerprint density at radius 1 is 0.707 bits per heavy atom. The molecule has 6 rings (SSSR count). The van der Waals surface area contributed by atoms with Crippen molar-refractivity contribution in [2.24, 2.45) is 0 Å². The van der Waals surface area contributed by atoms with Gasteiger partial charge in [-0.25, -0.2) is 9.97 Å². The van der Waals surface area contributed by atoms with E-state index in [1.807, 2.05) is 79.7 Å². The van der Waals surface area contributed by atoms with Crippen LogP contribution in [0.2, 0.25) is 0 Å². The van der Waals surface area contributed by atoms with Crippen LogP contribution in [-0.2, 0) is 0 Å². The van der Waals surface area contributed by atoms with Gasteiger partial charge in [-0.05, 0) is 69.3 Å². The average Bonchev–Trinajstić information content (AvgIpc) is 3.62. The zero-order valence-electron chi connectivity index (χ0n) is 22.9. The molecule has 0 saturated carbocycles. The smallest absolute Gasteiger partial charge is 0.252 e. The Kier molecular flexibility index (Phi) is 7.34. The number of amides is 2. The molecule has 0 aliphatic rings. The third-order valence-corrected chi connectivity index (χ3v) is 8.90. The number of carbonyl (C=O) groups is 2. The zero-order chi connectivity index (χ0) is 28.5. The molecule has 204 valence electrons. The summed E-state index contributed by atoms with van der Waals surface area (Å²) < 4.78 is 0. The van der Waals surface area contributed by atoms with Gasteiger partial charge in [0.25, 0.3) is 11.8 Å². The quantitative estimate of drug-likeness (QED) is 0.207. The maximum atomic E-state index is 13.5. The van der Waals surface area contributed by atoms with Crippen LogP contribution < -0.4 is 10.6 Å². The van der Waals surface area contributed by atoms with E-state index in [9.17, 15) is 9.59 Å². The van der Waals surface area contributed by atoms with E-state index in [-0.39, 0.29) is 24.4 Å². The molecule has 0 saturated heterocycles. The summed E-state index contributed by atoms with van der Waals surface area (Å²) in [4.78, 5) is 40.9. The topological polar surface area (TPSA) is 84.0 Å². The molecule has 2 N–H and O–H groups in total. The van der Waals surface area contributed by atoms with Crippen molar-refractivity contribution in [3.05, 3.63) is 106 Å². The van der Waals surface area contributed by atoms with E-state index >= 15 is 0 Å². The predicted molar refractivity (Wildman–Crippen MR) is 169 cm³/mol. The molecule has 0 fully saturated rings. The van der Waals surface area contributed by atoms with Crippen LogP contribution in [0.1, 0.15) is 37.4 Å². The molecule has 1 atom stereocenters. The molecule has 6 nitrogen and oxygen atoms in total. The fraction of sp³-hybridized carbons (Fsp3) is 0.152. The summed E-state index contributed by atoms with van der Waals surface area (Å²) in [6.07, 6.45) is 0. The number of carbonyl (C=O) groups excluding carboxylic acids is 2. The highest BCUT2D eigenvalue weighted by molar-refractivity contribution is 7.15. The summed E-state index contributed by atoms with van der Waals surface area (Å²) in [7, 11) is 0.